The fraction of sp³-hybridized carbons (Fsp3) is 0.941. The molecule has 0 bridgehead atoms. The number of hydrogen-bond donors (Lipinski definition) is 3. The van der Waals surface area contributed by atoms with Gasteiger partial charge in [0, 0.05) is 25.7 Å². The first kappa shape index (κ1) is 20.5. The van der Waals surface area contributed by atoms with Gasteiger partial charge in [0.05, 0.1) is 17.9 Å². The van der Waals surface area contributed by atoms with Crippen LogP contribution in [0.5, 0.6) is 0 Å². The third-order valence-electron chi connectivity index (χ3n) is 5.21. The van der Waals surface area contributed by atoms with Crippen molar-refractivity contribution in [1.82, 2.24) is 14.9 Å². The number of sulfonamides is 1. The maximum Gasteiger partial charge on any atom is 0.213 e. The lowest BCUT2D eigenvalue weighted by atomic mass is 9.85. The lowest BCUT2D eigenvalue weighted by Crippen LogP contribution is -2.50. The van der Waals surface area contributed by atoms with Gasteiger partial charge < -0.3 is 15.7 Å². The fourth-order valence-electron chi connectivity index (χ4n) is 3.57. The molecule has 3 N–H and O–H groups in total. The molecule has 146 valence electrons. The average molecular weight is 375 g/mol. The molecule has 0 aromatic rings. The minimum atomic E-state index is -3.09. The van der Waals surface area contributed by atoms with Crippen molar-refractivity contribution in [3.05, 3.63) is 0 Å². The monoisotopic (exact) mass is 374 g/mol. The van der Waals surface area contributed by atoms with Gasteiger partial charge in [-0.1, -0.05) is 19.3 Å². The first-order valence-corrected chi connectivity index (χ1v) is 11.2. The molecule has 0 amide bonds. The molecule has 0 aromatic carbocycles. The molecule has 1 aliphatic heterocycles. The van der Waals surface area contributed by atoms with E-state index < -0.39 is 15.6 Å². The largest absolute Gasteiger partial charge is 0.388 e. The first-order valence-electron chi connectivity index (χ1n) is 9.63. The van der Waals surface area contributed by atoms with Crippen LogP contribution in [0.4, 0.5) is 0 Å². The molecule has 7 nitrogen and oxygen atoms in total. The van der Waals surface area contributed by atoms with Crippen molar-refractivity contribution in [1.29, 1.82) is 0 Å². The van der Waals surface area contributed by atoms with Crippen LogP contribution in [0.25, 0.3) is 0 Å². The summed E-state index contributed by atoms with van der Waals surface area (Å²) in [4.78, 5) is 4.60. The standard InChI is InChI=1S/C17H34N4O3S/c1-3-18-16(19-14-17(22)10-6-5-7-11-17)20-15-8-12-21(13-9-15)25(23,24)4-2/h15,22H,3-14H2,1-2H3,(H2,18,19,20). The quantitative estimate of drug-likeness (QED) is 0.477. The molecule has 2 aliphatic rings. The molecule has 0 spiro atoms. The first-order chi connectivity index (χ1) is 11.9. The Morgan fingerprint density at radius 3 is 2.40 bits per heavy atom. The molecule has 0 radical (unpaired) electrons. The van der Waals surface area contributed by atoms with E-state index in [1.165, 1.54) is 6.42 Å². The second-order valence-corrected chi connectivity index (χ2v) is 9.46. The highest BCUT2D eigenvalue weighted by Crippen LogP contribution is 2.28. The van der Waals surface area contributed by atoms with Gasteiger partial charge >= 0.3 is 0 Å². The zero-order chi connectivity index (χ0) is 18.3. The van der Waals surface area contributed by atoms with Gasteiger partial charge in [-0.2, -0.15) is 0 Å². The Morgan fingerprint density at radius 2 is 1.84 bits per heavy atom. The normalized spacial score (nSPS) is 23.4. The molecule has 1 saturated heterocycles. The number of hydrogen-bond acceptors (Lipinski definition) is 4. The van der Waals surface area contributed by atoms with Gasteiger partial charge in [-0.15, -0.1) is 0 Å². The highest BCUT2D eigenvalue weighted by molar-refractivity contribution is 7.89. The van der Waals surface area contributed by atoms with E-state index in [1.54, 1.807) is 11.2 Å². The van der Waals surface area contributed by atoms with Crippen LogP contribution in [-0.2, 0) is 10.0 Å². The summed E-state index contributed by atoms with van der Waals surface area (Å²) < 4.78 is 25.5. The van der Waals surface area contributed by atoms with E-state index in [0.717, 1.165) is 51.0 Å². The number of rotatable bonds is 6. The molecule has 25 heavy (non-hydrogen) atoms. The van der Waals surface area contributed by atoms with Crippen molar-refractivity contribution >= 4 is 16.0 Å². The van der Waals surface area contributed by atoms with Crippen molar-refractivity contribution in [3.8, 4) is 0 Å². The number of nitrogens with zero attached hydrogens (tertiary/aromatic N) is 2. The van der Waals surface area contributed by atoms with Crippen LogP contribution in [-0.4, -0.2) is 67.4 Å². The number of aliphatic hydroxyl groups is 1. The van der Waals surface area contributed by atoms with Gasteiger partial charge in [-0.3, -0.25) is 4.99 Å². The summed E-state index contributed by atoms with van der Waals surface area (Å²) >= 11 is 0. The Kier molecular flexibility index (Phi) is 7.51. The van der Waals surface area contributed by atoms with Crippen molar-refractivity contribution < 1.29 is 13.5 Å². The average Bonchev–Trinajstić information content (AvgIpc) is 2.61. The summed E-state index contributed by atoms with van der Waals surface area (Å²) in [5, 5.41) is 17.3. The molecule has 0 atom stereocenters. The number of nitrogens with one attached hydrogen (secondary N) is 2. The van der Waals surface area contributed by atoms with Crippen LogP contribution < -0.4 is 10.6 Å². The maximum atomic E-state index is 11.9. The lowest BCUT2D eigenvalue weighted by molar-refractivity contribution is 0.0131. The molecular weight excluding hydrogens is 340 g/mol. The Labute approximate surface area is 152 Å². The summed E-state index contributed by atoms with van der Waals surface area (Å²) in [6, 6.07) is 0.210. The molecule has 0 aromatic heterocycles. The second-order valence-electron chi connectivity index (χ2n) is 7.20. The van der Waals surface area contributed by atoms with Gasteiger partial charge in [-0.25, -0.2) is 12.7 Å². The topological polar surface area (TPSA) is 94.0 Å². The molecule has 2 fully saturated rings. The fourth-order valence-corrected chi connectivity index (χ4v) is 4.70. The summed E-state index contributed by atoms with van der Waals surface area (Å²) in [7, 11) is -3.09. The van der Waals surface area contributed by atoms with Gasteiger partial charge in [0.2, 0.25) is 10.0 Å². The zero-order valence-corrected chi connectivity index (χ0v) is 16.4. The lowest BCUT2D eigenvalue weighted by Gasteiger charge is -2.33. The van der Waals surface area contributed by atoms with Gasteiger partial charge in [0.25, 0.3) is 0 Å². The van der Waals surface area contributed by atoms with E-state index in [1.807, 2.05) is 6.92 Å². The summed E-state index contributed by atoms with van der Waals surface area (Å²) in [6.45, 7) is 5.99. The molecular formula is C17H34N4O3S. The van der Waals surface area contributed by atoms with E-state index in [2.05, 4.69) is 15.6 Å². The van der Waals surface area contributed by atoms with Crippen LogP contribution >= 0.6 is 0 Å². The van der Waals surface area contributed by atoms with Gasteiger partial charge in [0.1, 0.15) is 0 Å². The second kappa shape index (κ2) is 9.19. The van der Waals surface area contributed by atoms with Crippen LogP contribution in [0.2, 0.25) is 0 Å². The Bertz CT molecular complexity index is 536. The van der Waals surface area contributed by atoms with Crippen molar-refractivity contribution in [2.45, 2.75) is 70.4 Å². The highest BCUT2D eigenvalue weighted by Gasteiger charge is 2.30. The van der Waals surface area contributed by atoms with E-state index in [-0.39, 0.29) is 11.8 Å². The minimum Gasteiger partial charge on any atom is -0.388 e. The van der Waals surface area contributed by atoms with Crippen molar-refractivity contribution in [2.24, 2.45) is 4.99 Å². The molecule has 8 heteroatoms. The Hall–Kier alpha value is -0.860. The minimum absolute atomic E-state index is 0.160. The third-order valence-corrected chi connectivity index (χ3v) is 7.09. The van der Waals surface area contributed by atoms with E-state index >= 15 is 0 Å². The highest BCUT2D eigenvalue weighted by atomic mass is 32.2. The predicted molar refractivity (Wildman–Crippen MR) is 101 cm³/mol. The van der Waals surface area contributed by atoms with Crippen LogP contribution in [0.1, 0.15) is 58.8 Å². The molecule has 1 saturated carbocycles. The summed E-state index contributed by atoms with van der Waals surface area (Å²) in [5.41, 5.74) is -0.667. The van der Waals surface area contributed by atoms with Crippen molar-refractivity contribution in [2.75, 3.05) is 31.9 Å². The molecule has 0 unspecified atom stereocenters. The zero-order valence-electron chi connectivity index (χ0n) is 15.6. The Balaban J connectivity index is 1.88. The van der Waals surface area contributed by atoms with Crippen molar-refractivity contribution in [3.63, 3.8) is 0 Å². The van der Waals surface area contributed by atoms with Gasteiger partial charge in [-0.05, 0) is 39.5 Å². The smallest absolute Gasteiger partial charge is 0.213 e. The van der Waals surface area contributed by atoms with E-state index in [4.69, 9.17) is 0 Å². The number of aliphatic imine (C=N–C) groups is 1. The van der Waals surface area contributed by atoms with Crippen LogP contribution in [0.15, 0.2) is 4.99 Å². The predicted octanol–water partition coefficient (Wildman–Crippen LogP) is 1.05. The summed E-state index contributed by atoms with van der Waals surface area (Å²) in [5.74, 6) is 0.881. The third kappa shape index (κ3) is 6.11. The summed E-state index contributed by atoms with van der Waals surface area (Å²) in [6.07, 6.45) is 6.53. The number of piperidine rings is 1. The molecule has 1 heterocycles. The SMILES string of the molecule is CCNC(=NCC1(O)CCCCC1)NC1CCN(S(=O)(=O)CC)CC1. The van der Waals surface area contributed by atoms with Gasteiger partial charge in [0.15, 0.2) is 5.96 Å². The van der Waals surface area contributed by atoms with E-state index in [0.29, 0.717) is 19.6 Å². The van der Waals surface area contributed by atoms with Crippen LogP contribution in [0.3, 0.4) is 0 Å². The molecule has 1 aliphatic carbocycles. The van der Waals surface area contributed by atoms with E-state index in [9.17, 15) is 13.5 Å². The maximum absolute atomic E-state index is 11.9. The number of guanidine groups is 1. The van der Waals surface area contributed by atoms with Crippen LogP contribution in [0, 0.1) is 0 Å². The molecule has 2 rings (SSSR count). The Morgan fingerprint density at radius 1 is 1.20 bits per heavy atom.